The molecule has 1 aliphatic carbocycles. The highest BCUT2D eigenvalue weighted by atomic mass is 79.9. The highest BCUT2D eigenvalue weighted by Crippen LogP contribution is 2.34. The molecule has 2 rings (SSSR count). The summed E-state index contributed by atoms with van der Waals surface area (Å²) in [7, 11) is 1.90. The van der Waals surface area contributed by atoms with Gasteiger partial charge in [-0.25, -0.2) is 9.37 Å². The molecule has 0 N–H and O–H groups in total. The van der Waals surface area contributed by atoms with Crippen LogP contribution in [0.3, 0.4) is 0 Å². The molecule has 0 radical (unpaired) electrons. The molecule has 4 heteroatoms. The van der Waals surface area contributed by atoms with Gasteiger partial charge in [-0.15, -0.1) is 0 Å². The molecule has 1 aromatic rings. The van der Waals surface area contributed by atoms with E-state index in [1.165, 1.54) is 18.9 Å². The van der Waals surface area contributed by atoms with Gasteiger partial charge in [0.15, 0.2) is 11.6 Å². The van der Waals surface area contributed by atoms with Crippen molar-refractivity contribution >= 4 is 21.7 Å². The first-order chi connectivity index (χ1) is 7.16. The summed E-state index contributed by atoms with van der Waals surface area (Å²) in [5, 5.41) is 0. The molecule has 1 aromatic heterocycles. The Morgan fingerprint density at radius 1 is 1.60 bits per heavy atom. The van der Waals surface area contributed by atoms with Gasteiger partial charge in [0.1, 0.15) is 0 Å². The Morgan fingerprint density at radius 3 is 2.93 bits per heavy atom. The zero-order valence-electron chi connectivity index (χ0n) is 8.66. The largest absolute Gasteiger partial charge is 0.357 e. The Bertz CT molecular complexity index is 339. The molecule has 0 spiro atoms. The van der Waals surface area contributed by atoms with E-state index in [-0.39, 0.29) is 5.82 Å². The van der Waals surface area contributed by atoms with Gasteiger partial charge in [-0.3, -0.25) is 0 Å². The van der Waals surface area contributed by atoms with Crippen molar-refractivity contribution in [2.45, 2.75) is 17.7 Å². The van der Waals surface area contributed by atoms with Gasteiger partial charge in [-0.05, 0) is 30.9 Å². The van der Waals surface area contributed by atoms with E-state index in [0.29, 0.717) is 16.6 Å². The number of nitrogens with zero attached hydrogens (tertiary/aromatic N) is 2. The minimum Gasteiger partial charge on any atom is -0.357 e. The van der Waals surface area contributed by atoms with Crippen LogP contribution in [0.2, 0.25) is 0 Å². The lowest BCUT2D eigenvalue weighted by atomic mass is 9.85. The van der Waals surface area contributed by atoms with Crippen molar-refractivity contribution in [2.24, 2.45) is 5.92 Å². The Kier molecular flexibility index (Phi) is 3.24. The molecule has 1 aliphatic rings. The molecule has 0 unspecified atom stereocenters. The van der Waals surface area contributed by atoms with Crippen LogP contribution in [0.5, 0.6) is 0 Å². The number of hydrogen-bond donors (Lipinski definition) is 0. The van der Waals surface area contributed by atoms with Crippen molar-refractivity contribution in [3.63, 3.8) is 0 Å². The van der Waals surface area contributed by atoms with E-state index in [4.69, 9.17) is 0 Å². The molecule has 0 atom stereocenters. The molecular formula is C11H14BrFN2. The number of alkyl halides is 1. The normalized spacial score (nSPS) is 24.7. The van der Waals surface area contributed by atoms with Crippen molar-refractivity contribution in [3.05, 3.63) is 24.1 Å². The van der Waals surface area contributed by atoms with Crippen molar-refractivity contribution in [1.82, 2.24) is 4.98 Å². The molecule has 1 saturated carbocycles. The lowest BCUT2D eigenvalue weighted by Gasteiger charge is -2.34. The summed E-state index contributed by atoms with van der Waals surface area (Å²) in [4.78, 5) is 6.61. The lowest BCUT2D eigenvalue weighted by Crippen LogP contribution is -2.35. The third-order valence-corrected chi connectivity index (χ3v) is 3.56. The molecular weight excluding hydrogens is 259 g/mol. The van der Waals surface area contributed by atoms with Crippen LogP contribution in [0.25, 0.3) is 0 Å². The summed E-state index contributed by atoms with van der Waals surface area (Å²) >= 11 is 3.55. The zero-order valence-corrected chi connectivity index (χ0v) is 10.2. The smallest absolute Gasteiger partial charge is 0.165 e. The molecule has 2 nitrogen and oxygen atoms in total. The van der Waals surface area contributed by atoms with E-state index >= 15 is 0 Å². The average Bonchev–Trinajstić information content (AvgIpc) is 2.16. The molecule has 15 heavy (non-hydrogen) atoms. The predicted molar refractivity (Wildman–Crippen MR) is 62.9 cm³/mol. The van der Waals surface area contributed by atoms with E-state index in [0.717, 1.165) is 6.54 Å². The van der Waals surface area contributed by atoms with Gasteiger partial charge in [0, 0.05) is 24.6 Å². The van der Waals surface area contributed by atoms with Crippen LogP contribution in [0, 0.1) is 11.7 Å². The van der Waals surface area contributed by atoms with Crippen molar-refractivity contribution in [3.8, 4) is 0 Å². The first kappa shape index (κ1) is 10.9. The number of pyridine rings is 1. The third-order valence-electron chi connectivity index (χ3n) is 2.81. The SMILES string of the molecule is CN(CC1CC(Br)C1)c1ncccc1F. The molecule has 0 aliphatic heterocycles. The molecule has 0 saturated heterocycles. The fourth-order valence-electron chi connectivity index (χ4n) is 1.94. The number of anilines is 1. The van der Waals surface area contributed by atoms with Gasteiger partial charge in [0.25, 0.3) is 0 Å². The molecule has 82 valence electrons. The summed E-state index contributed by atoms with van der Waals surface area (Å²) in [6.07, 6.45) is 3.99. The first-order valence-electron chi connectivity index (χ1n) is 5.12. The maximum Gasteiger partial charge on any atom is 0.165 e. The van der Waals surface area contributed by atoms with Crippen LogP contribution >= 0.6 is 15.9 Å². The monoisotopic (exact) mass is 272 g/mol. The van der Waals surface area contributed by atoms with Crippen LogP contribution in [-0.2, 0) is 0 Å². The Balaban J connectivity index is 1.96. The molecule has 0 bridgehead atoms. The van der Waals surface area contributed by atoms with Crippen molar-refractivity contribution < 1.29 is 4.39 Å². The summed E-state index contributed by atoms with van der Waals surface area (Å²) in [6, 6.07) is 3.07. The average molecular weight is 273 g/mol. The fraction of sp³-hybridized carbons (Fsp3) is 0.545. The third kappa shape index (κ3) is 2.48. The number of hydrogen-bond acceptors (Lipinski definition) is 2. The molecule has 1 fully saturated rings. The quantitative estimate of drug-likeness (QED) is 0.787. The predicted octanol–water partition coefficient (Wildman–Crippen LogP) is 2.83. The summed E-state index contributed by atoms with van der Waals surface area (Å²) < 4.78 is 13.4. The Labute approximate surface area is 97.6 Å². The zero-order chi connectivity index (χ0) is 10.8. The Morgan fingerprint density at radius 2 is 2.33 bits per heavy atom. The maximum absolute atomic E-state index is 13.4. The number of rotatable bonds is 3. The van der Waals surface area contributed by atoms with Crippen LogP contribution in [0.15, 0.2) is 18.3 Å². The first-order valence-corrected chi connectivity index (χ1v) is 6.04. The summed E-state index contributed by atoms with van der Waals surface area (Å²) in [5.41, 5.74) is 0. The second-order valence-corrected chi connectivity index (χ2v) is 5.42. The number of aromatic nitrogens is 1. The minimum absolute atomic E-state index is 0.241. The number of halogens is 2. The molecule has 0 amide bonds. The van der Waals surface area contributed by atoms with Crippen molar-refractivity contribution in [1.29, 1.82) is 0 Å². The molecule has 1 heterocycles. The van der Waals surface area contributed by atoms with E-state index in [9.17, 15) is 4.39 Å². The maximum atomic E-state index is 13.4. The van der Waals surface area contributed by atoms with Crippen molar-refractivity contribution in [2.75, 3.05) is 18.5 Å². The highest BCUT2D eigenvalue weighted by molar-refractivity contribution is 9.09. The second kappa shape index (κ2) is 4.47. The van der Waals surface area contributed by atoms with Crippen LogP contribution in [-0.4, -0.2) is 23.4 Å². The van der Waals surface area contributed by atoms with E-state index in [1.807, 2.05) is 11.9 Å². The summed E-state index contributed by atoms with van der Waals surface area (Å²) in [6.45, 7) is 0.885. The van der Waals surface area contributed by atoms with Gasteiger partial charge in [0.2, 0.25) is 0 Å². The van der Waals surface area contributed by atoms with E-state index in [1.54, 1.807) is 12.3 Å². The van der Waals surface area contributed by atoms with Gasteiger partial charge < -0.3 is 4.90 Å². The van der Waals surface area contributed by atoms with Gasteiger partial charge in [-0.1, -0.05) is 15.9 Å². The standard InChI is InChI=1S/C11H14BrFN2/c1-15(7-8-5-9(12)6-8)11-10(13)3-2-4-14-11/h2-4,8-9H,5-7H2,1H3. The minimum atomic E-state index is -0.241. The fourth-order valence-corrected chi connectivity index (χ4v) is 2.99. The lowest BCUT2D eigenvalue weighted by molar-refractivity contribution is 0.337. The van der Waals surface area contributed by atoms with E-state index < -0.39 is 0 Å². The van der Waals surface area contributed by atoms with Gasteiger partial charge in [-0.2, -0.15) is 0 Å². The Hall–Kier alpha value is -0.640. The van der Waals surface area contributed by atoms with Gasteiger partial charge >= 0.3 is 0 Å². The van der Waals surface area contributed by atoms with Crippen LogP contribution < -0.4 is 4.90 Å². The van der Waals surface area contributed by atoms with Crippen LogP contribution in [0.1, 0.15) is 12.8 Å². The highest BCUT2D eigenvalue weighted by Gasteiger charge is 2.28. The summed E-state index contributed by atoms with van der Waals surface area (Å²) in [5.74, 6) is 0.881. The van der Waals surface area contributed by atoms with Gasteiger partial charge in [0.05, 0.1) is 0 Å². The second-order valence-electron chi connectivity index (χ2n) is 4.12. The van der Waals surface area contributed by atoms with Crippen LogP contribution in [0.4, 0.5) is 10.2 Å². The molecule has 0 aromatic carbocycles. The van der Waals surface area contributed by atoms with E-state index in [2.05, 4.69) is 20.9 Å². The topological polar surface area (TPSA) is 16.1 Å².